The van der Waals surface area contributed by atoms with E-state index < -0.39 is 10.5 Å². The highest BCUT2D eigenvalue weighted by Gasteiger charge is 2.25. The van der Waals surface area contributed by atoms with Gasteiger partial charge in [-0.1, -0.05) is 11.8 Å². The molecule has 0 atom stereocenters. The number of thioether (sulfide) groups is 1. The number of hydrogen-bond donors (Lipinski definition) is 1. The van der Waals surface area contributed by atoms with Crippen LogP contribution in [0.4, 0.5) is 5.69 Å². The van der Waals surface area contributed by atoms with Crippen molar-refractivity contribution in [1.82, 2.24) is 9.97 Å². The molecular formula is C14H12N4O5S. The minimum absolute atomic E-state index is 0.00407. The first-order chi connectivity index (χ1) is 11.5. The Morgan fingerprint density at radius 1 is 1.33 bits per heavy atom. The van der Waals surface area contributed by atoms with Crippen LogP contribution >= 0.6 is 11.8 Å². The van der Waals surface area contributed by atoms with E-state index in [1.54, 1.807) is 12.3 Å². The summed E-state index contributed by atoms with van der Waals surface area (Å²) in [5.74, 6) is 0.371. The number of hydrogen-bond acceptors (Lipinski definition) is 8. The van der Waals surface area contributed by atoms with Gasteiger partial charge in [-0.2, -0.15) is 5.26 Å². The monoisotopic (exact) mass is 348 g/mol. The molecule has 10 heteroatoms. The zero-order valence-corrected chi connectivity index (χ0v) is 13.8. The Morgan fingerprint density at radius 2 is 1.96 bits per heavy atom. The first-order valence-corrected chi connectivity index (χ1v) is 7.68. The molecule has 1 aromatic heterocycles. The lowest BCUT2D eigenvalue weighted by Gasteiger charge is -2.11. The van der Waals surface area contributed by atoms with Crippen molar-refractivity contribution in [2.75, 3.05) is 20.5 Å². The van der Waals surface area contributed by atoms with E-state index in [0.29, 0.717) is 0 Å². The van der Waals surface area contributed by atoms with Gasteiger partial charge >= 0.3 is 0 Å². The van der Waals surface area contributed by atoms with E-state index in [-0.39, 0.29) is 39.2 Å². The Hall–Kier alpha value is -3.06. The summed E-state index contributed by atoms with van der Waals surface area (Å²) in [5, 5.41) is 20.9. The van der Waals surface area contributed by atoms with Crippen molar-refractivity contribution in [3.05, 3.63) is 38.2 Å². The van der Waals surface area contributed by atoms with Gasteiger partial charge in [-0.05, 0) is 6.26 Å². The number of nitrogens with one attached hydrogen (secondary N) is 1. The van der Waals surface area contributed by atoms with Crippen LogP contribution in [0.1, 0.15) is 5.56 Å². The Labute approximate surface area is 140 Å². The van der Waals surface area contributed by atoms with Gasteiger partial charge < -0.3 is 14.5 Å². The highest BCUT2D eigenvalue weighted by atomic mass is 32.2. The quantitative estimate of drug-likeness (QED) is 0.375. The Bertz CT molecular complexity index is 903. The summed E-state index contributed by atoms with van der Waals surface area (Å²) in [5.41, 5.74) is -1.43. The summed E-state index contributed by atoms with van der Waals surface area (Å²) in [6.07, 6.45) is 1.68. The van der Waals surface area contributed by atoms with Crippen LogP contribution in [0.5, 0.6) is 11.5 Å². The zero-order valence-electron chi connectivity index (χ0n) is 12.9. The third-order valence-corrected chi connectivity index (χ3v) is 3.74. The van der Waals surface area contributed by atoms with Crippen LogP contribution in [0.3, 0.4) is 0 Å². The Balaban J connectivity index is 2.90. The summed E-state index contributed by atoms with van der Waals surface area (Å²) >= 11 is 1.14. The van der Waals surface area contributed by atoms with Crippen molar-refractivity contribution < 1.29 is 14.4 Å². The van der Waals surface area contributed by atoms with E-state index >= 15 is 0 Å². The number of nitrogens with zero attached hydrogens (tertiary/aromatic N) is 3. The molecule has 0 aliphatic heterocycles. The maximum absolute atomic E-state index is 12.0. The molecule has 0 aliphatic carbocycles. The smallest absolute Gasteiger partial charge is 0.282 e. The summed E-state index contributed by atoms with van der Waals surface area (Å²) in [6, 6.07) is 4.22. The fraction of sp³-hybridized carbons (Fsp3) is 0.214. The van der Waals surface area contributed by atoms with Gasteiger partial charge in [-0.15, -0.1) is 0 Å². The molecule has 0 spiro atoms. The number of nitro benzene ring substituents is 1. The number of nitriles is 1. The maximum atomic E-state index is 12.0. The van der Waals surface area contributed by atoms with Gasteiger partial charge in [0.1, 0.15) is 17.3 Å². The highest BCUT2D eigenvalue weighted by Crippen LogP contribution is 2.39. The van der Waals surface area contributed by atoms with Gasteiger partial charge in [0.05, 0.1) is 30.8 Å². The largest absolute Gasteiger partial charge is 0.493 e. The molecule has 1 heterocycles. The first kappa shape index (κ1) is 17.3. The van der Waals surface area contributed by atoms with Gasteiger partial charge in [0.15, 0.2) is 16.7 Å². The maximum Gasteiger partial charge on any atom is 0.282 e. The van der Waals surface area contributed by atoms with Crippen molar-refractivity contribution in [1.29, 1.82) is 5.26 Å². The van der Waals surface area contributed by atoms with Gasteiger partial charge in [-0.3, -0.25) is 14.9 Å². The Morgan fingerprint density at radius 3 is 2.46 bits per heavy atom. The van der Waals surface area contributed by atoms with Crippen LogP contribution in [0, 0.1) is 21.4 Å². The predicted molar refractivity (Wildman–Crippen MR) is 86.5 cm³/mol. The third-order valence-electron chi connectivity index (χ3n) is 3.16. The van der Waals surface area contributed by atoms with Gasteiger partial charge in [0, 0.05) is 6.07 Å². The van der Waals surface area contributed by atoms with Crippen LogP contribution in [0.2, 0.25) is 0 Å². The molecule has 0 saturated heterocycles. The normalized spacial score (nSPS) is 10.1. The van der Waals surface area contributed by atoms with Gasteiger partial charge in [0.2, 0.25) is 0 Å². The molecule has 0 amide bonds. The Kier molecular flexibility index (Phi) is 5.05. The molecule has 124 valence electrons. The van der Waals surface area contributed by atoms with E-state index in [1.165, 1.54) is 20.3 Å². The number of benzene rings is 1. The average Bonchev–Trinajstić information content (AvgIpc) is 2.59. The summed E-state index contributed by atoms with van der Waals surface area (Å²) < 4.78 is 10.2. The first-order valence-electron chi connectivity index (χ1n) is 6.46. The summed E-state index contributed by atoms with van der Waals surface area (Å²) in [7, 11) is 2.72. The lowest BCUT2D eigenvalue weighted by atomic mass is 10.0. The summed E-state index contributed by atoms with van der Waals surface area (Å²) in [6.45, 7) is 0. The van der Waals surface area contributed by atoms with Gasteiger partial charge in [-0.25, -0.2) is 4.98 Å². The summed E-state index contributed by atoms with van der Waals surface area (Å²) in [4.78, 5) is 29.4. The number of aromatic amines is 1. The molecule has 1 aromatic carbocycles. The van der Waals surface area contributed by atoms with Crippen molar-refractivity contribution in [3.63, 3.8) is 0 Å². The van der Waals surface area contributed by atoms with E-state index in [4.69, 9.17) is 9.47 Å². The second-order valence-corrected chi connectivity index (χ2v) is 5.19. The molecule has 9 nitrogen and oxygen atoms in total. The van der Waals surface area contributed by atoms with E-state index in [2.05, 4.69) is 9.97 Å². The number of H-pyrrole nitrogens is 1. The second kappa shape index (κ2) is 7.01. The number of nitro groups is 1. The van der Waals surface area contributed by atoms with Crippen molar-refractivity contribution in [2.24, 2.45) is 0 Å². The van der Waals surface area contributed by atoms with Crippen LogP contribution in [-0.2, 0) is 0 Å². The molecule has 0 radical (unpaired) electrons. The molecular weight excluding hydrogens is 336 g/mol. The topological polar surface area (TPSA) is 131 Å². The van der Waals surface area contributed by atoms with Crippen molar-refractivity contribution in [2.45, 2.75) is 5.16 Å². The van der Waals surface area contributed by atoms with Crippen molar-refractivity contribution in [3.8, 4) is 28.8 Å². The highest BCUT2D eigenvalue weighted by molar-refractivity contribution is 7.98. The van der Waals surface area contributed by atoms with Crippen molar-refractivity contribution >= 4 is 17.4 Å². The van der Waals surface area contributed by atoms with Crippen LogP contribution < -0.4 is 15.0 Å². The number of methoxy groups -OCH3 is 2. The molecule has 2 aromatic rings. The minimum Gasteiger partial charge on any atom is -0.493 e. The second-order valence-electron chi connectivity index (χ2n) is 4.39. The van der Waals surface area contributed by atoms with E-state index in [1.807, 2.05) is 0 Å². The fourth-order valence-electron chi connectivity index (χ4n) is 2.06. The molecule has 24 heavy (non-hydrogen) atoms. The van der Waals surface area contributed by atoms with E-state index in [9.17, 15) is 20.2 Å². The molecule has 0 aliphatic rings. The zero-order chi connectivity index (χ0) is 17.9. The minimum atomic E-state index is -0.670. The third kappa shape index (κ3) is 3.02. The van der Waals surface area contributed by atoms with Crippen LogP contribution in [-0.4, -0.2) is 35.4 Å². The van der Waals surface area contributed by atoms with Crippen LogP contribution in [0.25, 0.3) is 11.3 Å². The standard InChI is InChI=1S/C14H12N4O5S/c1-22-10-4-7(9(18(20)21)5-11(10)23-2)12-8(6-15)13(19)17-14(16-12)24-3/h4-5H,1-3H3,(H,16,17,19). The number of ether oxygens (including phenoxy) is 2. The SMILES string of the molecule is COc1cc(-c2nc(SC)[nH]c(=O)c2C#N)c([N+](=O)[O-])cc1OC. The molecule has 1 N–H and O–H groups in total. The lowest BCUT2D eigenvalue weighted by molar-refractivity contribution is -0.384. The fourth-order valence-corrected chi connectivity index (χ4v) is 2.43. The molecule has 0 unspecified atom stereocenters. The average molecular weight is 348 g/mol. The number of rotatable bonds is 5. The van der Waals surface area contributed by atoms with Crippen LogP contribution in [0.15, 0.2) is 22.1 Å². The predicted octanol–water partition coefficient (Wildman–Crippen LogP) is 1.96. The number of aromatic nitrogens is 2. The molecule has 0 saturated carbocycles. The lowest BCUT2D eigenvalue weighted by Crippen LogP contribution is -2.15. The molecule has 2 rings (SSSR count). The van der Waals surface area contributed by atoms with E-state index in [0.717, 1.165) is 17.8 Å². The molecule has 0 bridgehead atoms. The van der Waals surface area contributed by atoms with Gasteiger partial charge in [0.25, 0.3) is 11.2 Å². The molecule has 0 fully saturated rings.